The highest BCUT2D eigenvalue weighted by Crippen LogP contribution is 2.21. The largest absolute Gasteiger partial charge is 0.494 e. The number of hydrogen-bond donors (Lipinski definition) is 3. The summed E-state index contributed by atoms with van der Waals surface area (Å²) in [7, 11) is 0. The second-order valence-electron chi connectivity index (χ2n) is 8.37. The molecule has 3 N–H and O–H groups in total. The fraction of sp³-hybridized carbons (Fsp3) is 0.129. The van der Waals surface area contributed by atoms with Crippen LogP contribution in [0.5, 0.6) is 17.2 Å². The molecule has 0 fully saturated rings. The van der Waals surface area contributed by atoms with Gasteiger partial charge in [-0.05, 0) is 79.8 Å². The van der Waals surface area contributed by atoms with Crippen molar-refractivity contribution in [3.63, 3.8) is 0 Å². The highest BCUT2D eigenvalue weighted by Gasteiger charge is 2.16. The molecule has 4 aromatic carbocycles. The molecule has 0 saturated carbocycles. The number of rotatable bonds is 11. The van der Waals surface area contributed by atoms with Gasteiger partial charge in [-0.15, -0.1) is 0 Å². The van der Waals surface area contributed by atoms with E-state index in [1.54, 1.807) is 72.8 Å². The predicted octanol–water partition coefficient (Wildman–Crippen LogP) is 5.92. The molecule has 0 heterocycles. The Hall–Kier alpha value is -4.89. The summed E-state index contributed by atoms with van der Waals surface area (Å²) >= 11 is 5.38. The average Bonchev–Trinajstić information content (AvgIpc) is 2.97. The number of hydrogen-bond acceptors (Lipinski definition) is 6. The van der Waals surface area contributed by atoms with Gasteiger partial charge in [-0.2, -0.15) is 0 Å². The fourth-order valence-electron chi connectivity index (χ4n) is 3.72. The molecule has 8 nitrogen and oxygen atoms in total. The first-order valence-electron chi connectivity index (χ1n) is 12.7. The van der Waals surface area contributed by atoms with Gasteiger partial charge in [0.2, 0.25) is 0 Å². The quantitative estimate of drug-likeness (QED) is 0.156. The average molecular weight is 556 g/mol. The molecule has 0 aliphatic heterocycles. The first-order valence-corrected chi connectivity index (χ1v) is 13.1. The van der Waals surface area contributed by atoms with Gasteiger partial charge in [0.25, 0.3) is 11.8 Å². The van der Waals surface area contributed by atoms with Gasteiger partial charge in [-0.1, -0.05) is 42.5 Å². The van der Waals surface area contributed by atoms with Crippen LogP contribution in [-0.2, 0) is 0 Å². The van der Waals surface area contributed by atoms with Gasteiger partial charge in [-0.3, -0.25) is 14.9 Å². The van der Waals surface area contributed by atoms with Crippen molar-refractivity contribution in [1.29, 1.82) is 0 Å². The van der Waals surface area contributed by atoms with Gasteiger partial charge in [0.15, 0.2) is 5.11 Å². The topological polar surface area (TPSA) is 97.9 Å². The van der Waals surface area contributed by atoms with Gasteiger partial charge in [0, 0.05) is 5.69 Å². The monoisotopic (exact) mass is 555 g/mol. The van der Waals surface area contributed by atoms with E-state index in [4.69, 9.17) is 26.4 Å². The molecule has 0 aromatic heterocycles. The van der Waals surface area contributed by atoms with E-state index in [0.29, 0.717) is 41.5 Å². The Kier molecular flexibility index (Phi) is 10.1. The lowest BCUT2D eigenvalue weighted by Gasteiger charge is -2.15. The van der Waals surface area contributed by atoms with Gasteiger partial charge in [-0.25, -0.2) is 0 Å². The number of ether oxygens (including phenoxy) is 3. The van der Waals surface area contributed by atoms with Crippen LogP contribution in [0.15, 0.2) is 103 Å². The zero-order valence-corrected chi connectivity index (χ0v) is 22.7. The van der Waals surface area contributed by atoms with Crippen LogP contribution in [0, 0.1) is 0 Å². The predicted molar refractivity (Wildman–Crippen MR) is 160 cm³/mol. The van der Waals surface area contributed by atoms with E-state index < -0.39 is 5.91 Å². The van der Waals surface area contributed by atoms with Crippen LogP contribution in [-0.4, -0.2) is 36.7 Å². The summed E-state index contributed by atoms with van der Waals surface area (Å²) in [6.45, 7) is 3.03. The summed E-state index contributed by atoms with van der Waals surface area (Å²) < 4.78 is 16.9. The van der Waals surface area contributed by atoms with Gasteiger partial charge in [0.05, 0.1) is 23.4 Å². The van der Waals surface area contributed by atoms with Crippen LogP contribution in [0.4, 0.5) is 11.4 Å². The summed E-state index contributed by atoms with van der Waals surface area (Å²) in [6, 6.07) is 30.2. The summed E-state index contributed by atoms with van der Waals surface area (Å²) in [5.41, 5.74) is 1.73. The maximum Gasteiger partial charge on any atom is 0.261 e. The smallest absolute Gasteiger partial charge is 0.261 e. The number of nitrogens with one attached hydrogen (secondary N) is 3. The molecular weight excluding hydrogens is 526 g/mol. The van der Waals surface area contributed by atoms with Gasteiger partial charge < -0.3 is 24.8 Å². The van der Waals surface area contributed by atoms with Crippen LogP contribution in [0.2, 0.25) is 0 Å². The molecule has 4 rings (SSSR count). The highest BCUT2D eigenvalue weighted by molar-refractivity contribution is 7.80. The molecule has 0 unspecified atom stereocenters. The molecule has 204 valence electrons. The van der Waals surface area contributed by atoms with Gasteiger partial charge in [0.1, 0.15) is 30.5 Å². The molecule has 9 heteroatoms. The van der Waals surface area contributed by atoms with Crippen LogP contribution >= 0.6 is 12.2 Å². The molecule has 40 heavy (non-hydrogen) atoms. The molecule has 0 spiro atoms. The van der Waals surface area contributed by atoms with Crippen LogP contribution in [0.3, 0.4) is 0 Å². The number of thiocarbonyl (C=S) groups is 1. The van der Waals surface area contributed by atoms with E-state index >= 15 is 0 Å². The van der Waals surface area contributed by atoms with Crippen molar-refractivity contribution in [2.24, 2.45) is 0 Å². The Balaban J connectivity index is 1.34. The first kappa shape index (κ1) is 28.1. The Morgan fingerprint density at radius 1 is 0.650 bits per heavy atom. The minimum absolute atomic E-state index is 0.0357. The number of amides is 2. The number of anilines is 2. The van der Waals surface area contributed by atoms with Crippen LogP contribution in [0.1, 0.15) is 27.6 Å². The zero-order chi connectivity index (χ0) is 28.2. The molecular formula is C31H29N3O5S. The summed E-state index contributed by atoms with van der Waals surface area (Å²) in [5.74, 6) is 1.07. The molecule has 0 saturated heterocycles. The summed E-state index contributed by atoms with van der Waals surface area (Å²) in [5, 5.41) is 8.51. The zero-order valence-electron chi connectivity index (χ0n) is 21.9. The third-order valence-corrected chi connectivity index (χ3v) is 5.76. The number of para-hydroxylation sites is 3. The molecule has 0 bridgehead atoms. The second-order valence-corrected chi connectivity index (χ2v) is 8.78. The van der Waals surface area contributed by atoms with E-state index in [1.165, 1.54) is 0 Å². The molecule has 2 amide bonds. The minimum atomic E-state index is -0.451. The SMILES string of the molecule is CCOc1ccc(NC(=O)c2ccccc2NC(=S)NC(=O)c2ccccc2OCCOc2ccccc2)cc1. The fourth-order valence-corrected chi connectivity index (χ4v) is 3.92. The van der Waals surface area contributed by atoms with E-state index in [9.17, 15) is 9.59 Å². The Labute approximate surface area is 238 Å². The number of carbonyl (C=O) groups is 2. The third kappa shape index (κ3) is 8.05. The van der Waals surface area contributed by atoms with Crippen molar-refractivity contribution in [1.82, 2.24) is 5.32 Å². The number of benzene rings is 4. The summed E-state index contributed by atoms with van der Waals surface area (Å²) in [4.78, 5) is 26.0. The lowest BCUT2D eigenvalue weighted by molar-refractivity contribution is 0.0971. The first-order chi connectivity index (χ1) is 19.5. The van der Waals surface area contributed by atoms with Crippen LogP contribution in [0.25, 0.3) is 0 Å². The van der Waals surface area contributed by atoms with Crippen molar-refractivity contribution in [2.75, 3.05) is 30.5 Å². The molecule has 4 aromatic rings. The Morgan fingerprint density at radius 3 is 2.02 bits per heavy atom. The standard InChI is InChI=1S/C31H29N3O5S/c1-2-37-24-18-16-22(17-19-24)32-29(35)25-12-6-8-14-27(25)33-31(40)34-30(36)26-13-7-9-15-28(26)39-21-20-38-23-10-4-3-5-11-23/h3-19H,2,20-21H2,1H3,(H,32,35)(H2,33,34,36,40). The molecule has 0 atom stereocenters. The number of carbonyl (C=O) groups excluding carboxylic acids is 2. The van der Waals surface area contributed by atoms with Crippen molar-refractivity contribution in [3.8, 4) is 17.2 Å². The van der Waals surface area contributed by atoms with E-state index in [0.717, 1.165) is 11.5 Å². The normalized spacial score (nSPS) is 10.2. The van der Waals surface area contributed by atoms with E-state index in [2.05, 4.69) is 16.0 Å². The van der Waals surface area contributed by atoms with Crippen LogP contribution < -0.4 is 30.2 Å². The van der Waals surface area contributed by atoms with Crippen molar-refractivity contribution in [3.05, 3.63) is 114 Å². The Morgan fingerprint density at radius 2 is 1.27 bits per heavy atom. The van der Waals surface area contributed by atoms with Crippen molar-refractivity contribution in [2.45, 2.75) is 6.92 Å². The second kappa shape index (κ2) is 14.3. The van der Waals surface area contributed by atoms with Crippen molar-refractivity contribution >= 4 is 40.5 Å². The third-order valence-electron chi connectivity index (χ3n) is 5.55. The maximum atomic E-state index is 13.0. The molecule has 0 radical (unpaired) electrons. The molecule has 0 aliphatic carbocycles. The van der Waals surface area contributed by atoms with E-state index in [-0.39, 0.29) is 17.6 Å². The summed E-state index contributed by atoms with van der Waals surface area (Å²) in [6.07, 6.45) is 0. The maximum absolute atomic E-state index is 13.0. The molecule has 0 aliphatic rings. The lowest BCUT2D eigenvalue weighted by Crippen LogP contribution is -2.35. The Bertz CT molecular complexity index is 1450. The van der Waals surface area contributed by atoms with Gasteiger partial charge >= 0.3 is 0 Å². The van der Waals surface area contributed by atoms with E-state index in [1.807, 2.05) is 37.3 Å². The lowest BCUT2D eigenvalue weighted by atomic mass is 10.1. The van der Waals surface area contributed by atoms with Crippen molar-refractivity contribution < 1.29 is 23.8 Å². The highest BCUT2D eigenvalue weighted by atomic mass is 32.1. The minimum Gasteiger partial charge on any atom is -0.494 e.